The Morgan fingerprint density at radius 2 is 1.96 bits per heavy atom. The second kappa shape index (κ2) is 7.47. The van der Waals surface area contributed by atoms with Gasteiger partial charge < -0.3 is 19.2 Å². The van der Waals surface area contributed by atoms with E-state index in [-0.39, 0.29) is 11.8 Å². The summed E-state index contributed by atoms with van der Waals surface area (Å²) < 4.78 is 7.29. The minimum atomic E-state index is -0.0996. The second-order valence-electron chi connectivity index (χ2n) is 7.02. The molecule has 1 saturated heterocycles. The molecular formula is C20H23N5O3. The van der Waals surface area contributed by atoms with Gasteiger partial charge in [-0.1, -0.05) is 0 Å². The van der Waals surface area contributed by atoms with Crippen LogP contribution in [0.25, 0.3) is 11.0 Å². The third-order valence-corrected chi connectivity index (χ3v) is 5.05. The van der Waals surface area contributed by atoms with Crippen molar-refractivity contribution in [3.8, 4) is 0 Å². The quantitative estimate of drug-likeness (QED) is 0.748. The lowest BCUT2D eigenvalue weighted by atomic mass is 10.2. The molecule has 8 heteroatoms. The third-order valence-electron chi connectivity index (χ3n) is 5.05. The summed E-state index contributed by atoms with van der Waals surface area (Å²) >= 11 is 0. The summed E-state index contributed by atoms with van der Waals surface area (Å²) in [5.74, 6) is 1.19. The molecule has 0 saturated carbocycles. The number of anilines is 1. The van der Waals surface area contributed by atoms with Crippen LogP contribution in [0, 0.1) is 0 Å². The number of benzene rings is 1. The molecule has 0 unspecified atom stereocenters. The smallest absolute Gasteiger partial charge is 0.289 e. The molecule has 8 nitrogen and oxygen atoms in total. The molecule has 0 spiro atoms. The van der Waals surface area contributed by atoms with E-state index in [0.717, 1.165) is 35.6 Å². The van der Waals surface area contributed by atoms with E-state index < -0.39 is 0 Å². The van der Waals surface area contributed by atoms with Crippen molar-refractivity contribution >= 4 is 28.5 Å². The lowest BCUT2D eigenvalue weighted by Crippen LogP contribution is -2.48. The van der Waals surface area contributed by atoms with Crippen molar-refractivity contribution in [1.82, 2.24) is 19.4 Å². The SMILES string of the molecule is CC(=O)Nc1ccc2c(c1)nc(CN1CCN(C(=O)c3ccco3)CC1)n2C. The number of aryl methyl sites for hydroxylation is 1. The van der Waals surface area contributed by atoms with Gasteiger partial charge in [-0.2, -0.15) is 0 Å². The largest absolute Gasteiger partial charge is 0.459 e. The molecule has 3 heterocycles. The highest BCUT2D eigenvalue weighted by Gasteiger charge is 2.24. The fourth-order valence-corrected chi connectivity index (χ4v) is 3.54. The summed E-state index contributed by atoms with van der Waals surface area (Å²) in [6.45, 7) is 5.10. The molecule has 1 N–H and O–H groups in total. The number of fused-ring (bicyclic) bond motifs is 1. The average molecular weight is 381 g/mol. The maximum atomic E-state index is 12.4. The van der Waals surface area contributed by atoms with E-state index in [1.54, 1.807) is 12.1 Å². The van der Waals surface area contributed by atoms with Crippen molar-refractivity contribution in [1.29, 1.82) is 0 Å². The molecule has 1 aliphatic heterocycles. The molecule has 3 aromatic rings. The molecule has 1 fully saturated rings. The summed E-state index contributed by atoms with van der Waals surface area (Å²) in [4.78, 5) is 32.5. The zero-order valence-corrected chi connectivity index (χ0v) is 16.0. The number of nitrogens with zero attached hydrogens (tertiary/aromatic N) is 4. The lowest BCUT2D eigenvalue weighted by Gasteiger charge is -2.34. The van der Waals surface area contributed by atoms with Gasteiger partial charge in [-0.25, -0.2) is 4.98 Å². The molecule has 4 rings (SSSR count). The van der Waals surface area contributed by atoms with Gasteiger partial charge in [-0.15, -0.1) is 0 Å². The van der Waals surface area contributed by atoms with Crippen LogP contribution in [0.5, 0.6) is 0 Å². The van der Waals surface area contributed by atoms with Crippen LogP contribution < -0.4 is 5.32 Å². The second-order valence-corrected chi connectivity index (χ2v) is 7.02. The standard InChI is InChI=1S/C20H23N5O3/c1-14(26)21-15-5-6-17-16(12-15)22-19(23(17)2)13-24-7-9-25(10-8-24)20(27)18-4-3-11-28-18/h3-6,11-12H,7-10,13H2,1-2H3,(H,21,26). The first-order valence-electron chi connectivity index (χ1n) is 9.29. The Balaban J connectivity index is 1.42. The number of furan rings is 1. The van der Waals surface area contributed by atoms with E-state index >= 15 is 0 Å². The molecule has 0 radical (unpaired) electrons. The van der Waals surface area contributed by atoms with Crippen LogP contribution in [0.15, 0.2) is 41.0 Å². The minimum Gasteiger partial charge on any atom is -0.459 e. The molecule has 146 valence electrons. The van der Waals surface area contributed by atoms with Gasteiger partial charge in [0, 0.05) is 45.8 Å². The van der Waals surface area contributed by atoms with E-state index in [4.69, 9.17) is 9.40 Å². The van der Waals surface area contributed by atoms with E-state index in [1.165, 1.54) is 13.2 Å². The summed E-state index contributed by atoms with van der Waals surface area (Å²) in [5.41, 5.74) is 2.63. The van der Waals surface area contributed by atoms with Crippen LogP contribution in [0.2, 0.25) is 0 Å². The Morgan fingerprint density at radius 3 is 2.64 bits per heavy atom. The van der Waals surface area contributed by atoms with Crippen molar-refractivity contribution in [3.05, 3.63) is 48.2 Å². The third kappa shape index (κ3) is 3.63. The monoisotopic (exact) mass is 381 g/mol. The normalized spacial score (nSPS) is 15.1. The molecule has 2 amide bonds. The highest BCUT2D eigenvalue weighted by molar-refractivity contribution is 5.92. The minimum absolute atomic E-state index is 0.0575. The molecule has 28 heavy (non-hydrogen) atoms. The number of imidazole rings is 1. The van der Waals surface area contributed by atoms with Gasteiger partial charge in [0.2, 0.25) is 5.91 Å². The Bertz CT molecular complexity index is 1000. The van der Waals surface area contributed by atoms with Gasteiger partial charge in [0.05, 0.1) is 23.8 Å². The van der Waals surface area contributed by atoms with Gasteiger partial charge >= 0.3 is 0 Å². The summed E-state index contributed by atoms with van der Waals surface area (Å²) in [6, 6.07) is 9.17. The Labute approximate surface area is 162 Å². The zero-order valence-electron chi connectivity index (χ0n) is 16.0. The highest BCUT2D eigenvalue weighted by atomic mass is 16.3. The van der Waals surface area contributed by atoms with Crippen molar-refractivity contribution in [3.63, 3.8) is 0 Å². The van der Waals surface area contributed by atoms with Crippen LogP contribution in [0.1, 0.15) is 23.3 Å². The molecular weight excluding hydrogens is 358 g/mol. The fourth-order valence-electron chi connectivity index (χ4n) is 3.54. The maximum absolute atomic E-state index is 12.4. The average Bonchev–Trinajstić information content (AvgIpc) is 3.30. The van der Waals surface area contributed by atoms with E-state index in [2.05, 4.69) is 14.8 Å². The van der Waals surface area contributed by atoms with E-state index in [0.29, 0.717) is 25.4 Å². The molecule has 1 aliphatic rings. The van der Waals surface area contributed by atoms with Crippen molar-refractivity contribution in [2.75, 3.05) is 31.5 Å². The van der Waals surface area contributed by atoms with Crippen molar-refractivity contribution < 1.29 is 14.0 Å². The van der Waals surface area contributed by atoms with Crippen LogP contribution >= 0.6 is 0 Å². The van der Waals surface area contributed by atoms with Crippen LogP contribution in [-0.4, -0.2) is 57.3 Å². The number of amides is 2. The molecule has 1 aromatic carbocycles. The summed E-state index contributed by atoms with van der Waals surface area (Å²) in [7, 11) is 2.00. The number of carbonyl (C=O) groups excluding carboxylic acids is 2. The molecule has 2 aromatic heterocycles. The number of aromatic nitrogens is 2. The number of carbonyl (C=O) groups is 2. The first-order valence-corrected chi connectivity index (χ1v) is 9.29. The Hall–Kier alpha value is -3.13. The number of rotatable bonds is 4. The first-order chi connectivity index (χ1) is 13.5. The zero-order chi connectivity index (χ0) is 19.7. The van der Waals surface area contributed by atoms with Crippen molar-refractivity contribution in [2.24, 2.45) is 7.05 Å². The van der Waals surface area contributed by atoms with Gasteiger partial charge in [-0.05, 0) is 30.3 Å². The number of piperazine rings is 1. The van der Waals surface area contributed by atoms with Gasteiger partial charge in [0.1, 0.15) is 5.82 Å². The predicted octanol–water partition coefficient (Wildman–Crippen LogP) is 2.08. The number of hydrogen-bond acceptors (Lipinski definition) is 5. The summed E-state index contributed by atoms with van der Waals surface area (Å²) in [6.07, 6.45) is 1.52. The van der Waals surface area contributed by atoms with E-state index in [1.807, 2.05) is 30.1 Å². The Kier molecular flexibility index (Phi) is 4.87. The summed E-state index contributed by atoms with van der Waals surface area (Å²) in [5, 5.41) is 2.79. The Morgan fingerprint density at radius 1 is 1.18 bits per heavy atom. The fraction of sp³-hybridized carbons (Fsp3) is 0.350. The first kappa shape index (κ1) is 18.2. The van der Waals surface area contributed by atoms with Crippen LogP contribution in [0.3, 0.4) is 0 Å². The predicted molar refractivity (Wildman–Crippen MR) is 105 cm³/mol. The topological polar surface area (TPSA) is 83.6 Å². The van der Waals surface area contributed by atoms with E-state index in [9.17, 15) is 9.59 Å². The van der Waals surface area contributed by atoms with Gasteiger partial charge in [0.25, 0.3) is 5.91 Å². The molecule has 0 aliphatic carbocycles. The van der Waals surface area contributed by atoms with Crippen LogP contribution in [-0.2, 0) is 18.4 Å². The number of hydrogen-bond donors (Lipinski definition) is 1. The molecule has 0 bridgehead atoms. The van der Waals surface area contributed by atoms with Gasteiger partial charge in [0.15, 0.2) is 5.76 Å². The van der Waals surface area contributed by atoms with Crippen molar-refractivity contribution in [2.45, 2.75) is 13.5 Å². The number of nitrogens with one attached hydrogen (secondary N) is 1. The highest BCUT2D eigenvalue weighted by Crippen LogP contribution is 2.21. The van der Waals surface area contributed by atoms with Crippen LogP contribution in [0.4, 0.5) is 5.69 Å². The maximum Gasteiger partial charge on any atom is 0.289 e. The molecule has 0 atom stereocenters. The van der Waals surface area contributed by atoms with Gasteiger partial charge in [-0.3, -0.25) is 14.5 Å². The lowest BCUT2D eigenvalue weighted by molar-refractivity contribution is -0.114.